The predicted octanol–water partition coefficient (Wildman–Crippen LogP) is 3.17. The highest BCUT2D eigenvalue weighted by atomic mass is 19.1. The highest BCUT2D eigenvalue weighted by Gasteiger charge is 2.28. The molecule has 0 spiro atoms. The monoisotopic (exact) mass is 251 g/mol. The van der Waals surface area contributed by atoms with Gasteiger partial charge in [-0.3, -0.25) is 0 Å². The number of aliphatic hydroxyl groups excluding tert-OH is 1. The molecule has 0 aromatic heterocycles. The Morgan fingerprint density at radius 3 is 2.89 bits per heavy atom. The third kappa shape index (κ3) is 3.09. The van der Waals surface area contributed by atoms with Crippen LogP contribution in [-0.2, 0) is 0 Å². The quantitative estimate of drug-likeness (QED) is 0.861. The molecule has 0 unspecified atom stereocenters. The second-order valence-electron chi connectivity index (χ2n) is 5.16. The molecule has 3 heteroatoms. The van der Waals surface area contributed by atoms with E-state index in [0.29, 0.717) is 11.6 Å². The van der Waals surface area contributed by atoms with Crippen LogP contribution in [0.4, 0.5) is 4.39 Å². The number of hydrogen-bond donors (Lipinski definition) is 2. The summed E-state index contributed by atoms with van der Waals surface area (Å²) in [6.07, 6.45) is 4.70. The normalized spacial score (nSPS) is 25.9. The van der Waals surface area contributed by atoms with Gasteiger partial charge in [0.25, 0.3) is 0 Å². The number of benzene rings is 1. The maximum absolute atomic E-state index is 13.7. The number of piperidine rings is 1. The minimum absolute atomic E-state index is 0.0211. The first-order valence-electron chi connectivity index (χ1n) is 6.91. The minimum atomic E-state index is -0.745. The van der Waals surface area contributed by atoms with Crippen molar-refractivity contribution in [1.82, 2.24) is 5.32 Å². The van der Waals surface area contributed by atoms with E-state index in [0.717, 1.165) is 32.1 Å². The maximum Gasteiger partial charge on any atom is 0.129 e. The van der Waals surface area contributed by atoms with Crippen LogP contribution in [0.15, 0.2) is 24.3 Å². The zero-order valence-electron chi connectivity index (χ0n) is 10.9. The number of halogens is 1. The summed E-state index contributed by atoms with van der Waals surface area (Å²) < 4.78 is 13.7. The van der Waals surface area contributed by atoms with Crippen LogP contribution in [-0.4, -0.2) is 17.2 Å². The molecule has 1 aromatic rings. The molecule has 0 bridgehead atoms. The SMILES string of the molecule is CCC[C@H]1CCC[C@H]([C@@H](O)c2ccccc2F)N1. The van der Waals surface area contributed by atoms with Crippen molar-refractivity contribution < 1.29 is 9.50 Å². The van der Waals surface area contributed by atoms with E-state index in [-0.39, 0.29) is 11.9 Å². The number of nitrogens with one attached hydrogen (secondary N) is 1. The summed E-state index contributed by atoms with van der Waals surface area (Å²) >= 11 is 0. The molecule has 2 nitrogen and oxygen atoms in total. The van der Waals surface area contributed by atoms with Crippen molar-refractivity contribution in [2.24, 2.45) is 0 Å². The smallest absolute Gasteiger partial charge is 0.129 e. The summed E-state index contributed by atoms with van der Waals surface area (Å²) in [4.78, 5) is 0. The zero-order valence-corrected chi connectivity index (χ0v) is 10.9. The van der Waals surface area contributed by atoms with Gasteiger partial charge >= 0.3 is 0 Å². The number of rotatable bonds is 4. The third-order valence-electron chi connectivity index (χ3n) is 3.76. The fourth-order valence-corrected chi connectivity index (χ4v) is 2.81. The second kappa shape index (κ2) is 6.30. The molecule has 1 aromatic carbocycles. The largest absolute Gasteiger partial charge is 0.387 e. The van der Waals surface area contributed by atoms with Gasteiger partial charge in [0.2, 0.25) is 0 Å². The average Bonchev–Trinajstić information content (AvgIpc) is 2.39. The van der Waals surface area contributed by atoms with Crippen LogP contribution in [0.2, 0.25) is 0 Å². The summed E-state index contributed by atoms with van der Waals surface area (Å²) in [6.45, 7) is 2.17. The Morgan fingerprint density at radius 1 is 1.39 bits per heavy atom. The summed E-state index contributed by atoms with van der Waals surface area (Å²) in [7, 11) is 0. The van der Waals surface area contributed by atoms with Gasteiger partial charge in [-0.05, 0) is 25.3 Å². The van der Waals surface area contributed by atoms with E-state index in [9.17, 15) is 9.50 Å². The molecule has 100 valence electrons. The Morgan fingerprint density at radius 2 is 2.17 bits per heavy atom. The molecule has 1 fully saturated rings. The molecule has 0 saturated carbocycles. The van der Waals surface area contributed by atoms with Crippen molar-refractivity contribution >= 4 is 0 Å². The maximum atomic E-state index is 13.7. The van der Waals surface area contributed by atoms with Crippen molar-refractivity contribution in [2.75, 3.05) is 0 Å². The molecule has 0 radical (unpaired) electrons. The van der Waals surface area contributed by atoms with Gasteiger partial charge in [0.05, 0.1) is 6.10 Å². The van der Waals surface area contributed by atoms with Crippen LogP contribution in [0.5, 0.6) is 0 Å². The van der Waals surface area contributed by atoms with Crippen molar-refractivity contribution in [1.29, 1.82) is 0 Å². The second-order valence-corrected chi connectivity index (χ2v) is 5.16. The summed E-state index contributed by atoms with van der Waals surface area (Å²) in [5.74, 6) is -0.315. The van der Waals surface area contributed by atoms with Crippen molar-refractivity contribution in [3.63, 3.8) is 0 Å². The first-order chi connectivity index (χ1) is 8.72. The van der Waals surface area contributed by atoms with Gasteiger partial charge in [-0.2, -0.15) is 0 Å². The van der Waals surface area contributed by atoms with Gasteiger partial charge in [0.15, 0.2) is 0 Å². The molecule has 1 heterocycles. The first kappa shape index (κ1) is 13.5. The van der Waals surface area contributed by atoms with Gasteiger partial charge in [-0.25, -0.2) is 4.39 Å². The minimum Gasteiger partial charge on any atom is -0.387 e. The lowest BCUT2D eigenvalue weighted by atomic mass is 9.90. The predicted molar refractivity (Wildman–Crippen MR) is 70.8 cm³/mol. The summed E-state index contributed by atoms with van der Waals surface area (Å²) in [6, 6.07) is 6.95. The van der Waals surface area contributed by atoms with Gasteiger partial charge in [0.1, 0.15) is 5.82 Å². The Balaban J connectivity index is 2.04. The van der Waals surface area contributed by atoms with Crippen molar-refractivity contribution in [3.8, 4) is 0 Å². The Bertz CT molecular complexity index is 381. The first-order valence-corrected chi connectivity index (χ1v) is 6.91. The molecule has 3 atom stereocenters. The topological polar surface area (TPSA) is 32.3 Å². The zero-order chi connectivity index (χ0) is 13.0. The molecule has 2 N–H and O–H groups in total. The van der Waals surface area contributed by atoms with Gasteiger partial charge in [-0.1, -0.05) is 38.0 Å². The fraction of sp³-hybridized carbons (Fsp3) is 0.600. The lowest BCUT2D eigenvalue weighted by Crippen LogP contribution is -2.45. The van der Waals surface area contributed by atoms with E-state index in [4.69, 9.17) is 0 Å². The van der Waals surface area contributed by atoms with Crippen LogP contribution in [0.25, 0.3) is 0 Å². The number of aliphatic hydroxyl groups is 1. The Kier molecular flexibility index (Phi) is 4.72. The highest BCUT2D eigenvalue weighted by Crippen LogP contribution is 2.27. The van der Waals surface area contributed by atoms with Crippen LogP contribution < -0.4 is 5.32 Å². The molecular formula is C15H22FNO. The third-order valence-corrected chi connectivity index (χ3v) is 3.76. The number of hydrogen-bond acceptors (Lipinski definition) is 2. The Labute approximate surface area is 108 Å². The molecule has 1 saturated heterocycles. The molecule has 0 amide bonds. The van der Waals surface area contributed by atoms with Crippen LogP contribution in [0.1, 0.15) is 50.7 Å². The molecule has 0 aliphatic carbocycles. The average molecular weight is 251 g/mol. The van der Waals surface area contributed by atoms with Crippen LogP contribution in [0, 0.1) is 5.82 Å². The summed E-state index contributed by atoms with van der Waals surface area (Å²) in [5, 5.41) is 13.8. The molecular weight excluding hydrogens is 229 g/mol. The van der Waals surface area contributed by atoms with E-state index in [1.165, 1.54) is 6.07 Å². The standard InChI is InChI=1S/C15H22FNO/c1-2-6-11-7-5-10-14(17-11)15(18)12-8-3-4-9-13(12)16/h3-4,8-9,11,14-15,17-18H,2,5-7,10H2,1H3/t11-,14+,15-/m0/s1. The van der Waals surface area contributed by atoms with Gasteiger partial charge in [0, 0.05) is 17.6 Å². The molecule has 2 rings (SSSR count). The van der Waals surface area contributed by atoms with Crippen molar-refractivity contribution in [3.05, 3.63) is 35.6 Å². The summed E-state index contributed by atoms with van der Waals surface area (Å²) in [5.41, 5.74) is 0.409. The van der Waals surface area contributed by atoms with Gasteiger partial charge in [-0.15, -0.1) is 0 Å². The molecule has 1 aliphatic heterocycles. The van der Waals surface area contributed by atoms with Gasteiger partial charge < -0.3 is 10.4 Å². The Hall–Kier alpha value is -0.930. The van der Waals surface area contributed by atoms with Crippen LogP contribution in [0.3, 0.4) is 0 Å². The van der Waals surface area contributed by atoms with E-state index in [2.05, 4.69) is 12.2 Å². The van der Waals surface area contributed by atoms with Crippen LogP contribution >= 0.6 is 0 Å². The fourth-order valence-electron chi connectivity index (χ4n) is 2.81. The van der Waals surface area contributed by atoms with E-state index >= 15 is 0 Å². The highest BCUT2D eigenvalue weighted by molar-refractivity contribution is 5.21. The molecule has 1 aliphatic rings. The lowest BCUT2D eigenvalue weighted by molar-refractivity contribution is 0.0966. The van der Waals surface area contributed by atoms with E-state index in [1.54, 1.807) is 18.2 Å². The van der Waals surface area contributed by atoms with E-state index < -0.39 is 6.10 Å². The van der Waals surface area contributed by atoms with Crippen molar-refractivity contribution in [2.45, 2.75) is 57.2 Å². The van der Waals surface area contributed by atoms with E-state index in [1.807, 2.05) is 0 Å². The molecule has 18 heavy (non-hydrogen) atoms. The lowest BCUT2D eigenvalue weighted by Gasteiger charge is -2.34.